The van der Waals surface area contributed by atoms with Crippen LogP contribution in [0.2, 0.25) is 0 Å². The molecule has 1 unspecified atom stereocenters. The molecular formula is C17H26N2O2. The molecule has 1 aromatic carbocycles. The standard InChI is InChI=1S/C17H26N2O2/c1-17(9-5-6-10-17)13-19-16(21)18-12-15(20)11-14-7-3-2-4-8-14/h2-4,7-8,15,20H,5-6,9-13H2,1H3,(H2,18,19,21). The van der Waals surface area contributed by atoms with Crippen molar-refractivity contribution in [2.45, 2.75) is 45.1 Å². The first-order valence-electron chi connectivity index (χ1n) is 7.81. The first-order chi connectivity index (χ1) is 10.1. The maximum Gasteiger partial charge on any atom is 0.314 e. The van der Waals surface area contributed by atoms with Crippen molar-refractivity contribution in [3.63, 3.8) is 0 Å². The minimum absolute atomic E-state index is 0.185. The smallest absolute Gasteiger partial charge is 0.314 e. The van der Waals surface area contributed by atoms with Crippen molar-refractivity contribution in [1.29, 1.82) is 0 Å². The van der Waals surface area contributed by atoms with Crippen molar-refractivity contribution in [2.24, 2.45) is 5.41 Å². The van der Waals surface area contributed by atoms with Gasteiger partial charge in [0, 0.05) is 19.5 Å². The van der Waals surface area contributed by atoms with E-state index in [4.69, 9.17) is 0 Å². The highest BCUT2D eigenvalue weighted by molar-refractivity contribution is 5.73. The van der Waals surface area contributed by atoms with Crippen LogP contribution in [0.25, 0.3) is 0 Å². The van der Waals surface area contributed by atoms with Crippen LogP contribution in [0.1, 0.15) is 38.2 Å². The van der Waals surface area contributed by atoms with E-state index in [-0.39, 0.29) is 18.0 Å². The summed E-state index contributed by atoms with van der Waals surface area (Å²) in [5.74, 6) is 0. The van der Waals surface area contributed by atoms with Gasteiger partial charge in [-0.25, -0.2) is 4.79 Å². The Labute approximate surface area is 126 Å². The first kappa shape index (κ1) is 15.8. The van der Waals surface area contributed by atoms with Crippen molar-refractivity contribution >= 4 is 6.03 Å². The Kier molecular flexibility index (Phi) is 5.62. The molecule has 1 saturated carbocycles. The molecule has 0 spiro atoms. The van der Waals surface area contributed by atoms with E-state index in [1.165, 1.54) is 25.7 Å². The quantitative estimate of drug-likeness (QED) is 0.753. The van der Waals surface area contributed by atoms with Crippen LogP contribution in [0.3, 0.4) is 0 Å². The van der Waals surface area contributed by atoms with Gasteiger partial charge >= 0.3 is 6.03 Å². The van der Waals surface area contributed by atoms with Crippen LogP contribution >= 0.6 is 0 Å². The van der Waals surface area contributed by atoms with Crippen LogP contribution < -0.4 is 10.6 Å². The Hall–Kier alpha value is -1.55. The van der Waals surface area contributed by atoms with E-state index in [0.29, 0.717) is 13.0 Å². The second-order valence-electron chi connectivity index (χ2n) is 6.42. The molecule has 1 atom stereocenters. The lowest BCUT2D eigenvalue weighted by atomic mass is 9.89. The number of aliphatic hydroxyl groups excluding tert-OH is 1. The van der Waals surface area contributed by atoms with Crippen LogP contribution in [-0.4, -0.2) is 30.3 Å². The maximum absolute atomic E-state index is 11.8. The van der Waals surface area contributed by atoms with Crippen LogP contribution in [0.4, 0.5) is 4.79 Å². The molecule has 1 aromatic rings. The Bertz CT molecular complexity index is 441. The number of urea groups is 1. The fourth-order valence-corrected chi connectivity index (χ4v) is 2.93. The van der Waals surface area contributed by atoms with Gasteiger partial charge in [0.25, 0.3) is 0 Å². The fraction of sp³-hybridized carbons (Fsp3) is 0.588. The fourth-order valence-electron chi connectivity index (χ4n) is 2.93. The van der Waals surface area contributed by atoms with Gasteiger partial charge in [-0.1, -0.05) is 50.1 Å². The van der Waals surface area contributed by atoms with Crippen LogP contribution in [-0.2, 0) is 6.42 Å². The van der Waals surface area contributed by atoms with E-state index in [1.807, 2.05) is 30.3 Å². The minimum atomic E-state index is -0.555. The van der Waals surface area contributed by atoms with Gasteiger partial charge in [-0.15, -0.1) is 0 Å². The third kappa shape index (κ3) is 5.38. The van der Waals surface area contributed by atoms with Crippen molar-refractivity contribution in [3.05, 3.63) is 35.9 Å². The van der Waals surface area contributed by atoms with Gasteiger partial charge in [-0.2, -0.15) is 0 Å². The number of carbonyl (C=O) groups excluding carboxylic acids is 1. The molecule has 0 bridgehead atoms. The summed E-state index contributed by atoms with van der Waals surface area (Å²) in [4.78, 5) is 11.8. The van der Waals surface area contributed by atoms with E-state index >= 15 is 0 Å². The molecule has 4 heteroatoms. The molecule has 2 amide bonds. The molecule has 1 aliphatic rings. The molecule has 3 N–H and O–H groups in total. The monoisotopic (exact) mass is 290 g/mol. The van der Waals surface area contributed by atoms with Crippen molar-refractivity contribution in [3.8, 4) is 0 Å². The molecule has 2 rings (SSSR count). The zero-order valence-corrected chi connectivity index (χ0v) is 12.8. The number of hydrogen-bond acceptors (Lipinski definition) is 2. The molecule has 0 saturated heterocycles. The van der Waals surface area contributed by atoms with Gasteiger partial charge in [0.15, 0.2) is 0 Å². The Morgan fingerprint density at radius 3 is 2.57 bits per heavy atom. The lowest BCUT2D eigenvalue weighted by molar-refractivity contribution is 0.169. The summed E-state index contributed by atoms with van der Waals surface area (Å²) in [7, 11) is 0. The second kappa shape index (κ2) is 7.46. The van der Waals surface area contributed by atoms with E-state index in [1.54, 1.807) is 0 Å². The number of benzene rings is 1. The predicted octanol–water partition coefficient (Wildman–Crippen LogP) is 2.47. The largest absolute Gasteiger partial charge is 0.391 e. The highest BCUT2D eigenvalue weighted by Crippen LogP contribution is 2.36. The molecule has 0 aliphatic heterocycles. The third-order valence-electron chi connectivity index (χ3n) is 4.30. The van der Waals surface area contributed by atoms with Crippen molar-refractivity contribution in [2.75, 3.05) is 13.1 Å². The average molecular weight is 290 g/mol. The van der Waals surface area contributed by atoms with Gasteiger partial charge in [-0.05, 0) is 23.8 Å². The summed E-state index contributed by atoms with van der Waals surface area (Å²) in [6.07, 6.45) is 4.89. The van der Waals surface area contributed by atoms with E-state index in [2.05, 4.69) is 17.6 Å². The minimum Gasteiger partial charge on any atom is -0.391 e. The highest BCUT2D eigenvalue weighted by atomic mass is 16.3. The summed E-state index contributed by atoms with van der Waals surface area (Å²) in [6, 6.07) is 9.62. The number of hydrogen-bond donors (Lipinski definition) is 3. The van der Waals surface area contributed by atoms with Crippen LogP contribution in [0, 0.1) is 5.41 Å². The zero-order valence-electron chi connectivity index (χ0n) is 12.8. The summed E-state index contributed by atoms with van der Waals surface area (Å²) in [5, 5.41) is 15.6. The van der Waals surface area contributed by atoms with Gasteiger partial charge in [0.1, 0.15) is 0 Å². The summed E-state index contributed by atoms with van der Waals surface area (Å²) < 4.78 is 0. The lowest BCUT2D eigenvalue weighted by Crippen LogP contribution is -2.43. The SMILES string of the molecule is CC1(CNC(=O)NCC(O)Cc2ccccc2)CCCC1. The van der Waals surface area contributed by atoms with Crippen molar-refractivity contribution in [1.82, 2.24) is 10.6 Å². The van der Waals surface area contributed by atoms with Crippen molar-refractivity contribution < 1.29 is 9.90 Å². The zero-order chi connectivity index (χ0) is 15.1. The number of rotatable bonds is 6. The summed E-state index contributed by atoms with van der Waals surface area (Å²) in [5.41, 5.74) is 1.32. The first-order valence-corrected chi connectivity index (χ1v) is 7.81. The third-order valence-corrected chi connectivity index (χ3v) is 4.30. The number of aliphatic hydroxyl groups is 1. The second-order valence-corrected chi connectivity index (χ2v) is 6.42. The molecule has 1 fully saturated rings. The van der Waals surface area contributed by atoms with Gasteiger partial charge in [0.2, 0.25) is 0 Å². The summed E-state index contributed by atoms with van der Waals surface area (Å²) >= 11 is 0. The molecule has 1 aliphatic carbocycles. The van der Waals surface area contributed by atoms with Gasteiger partial charge < -0.3 is 15.7 Å². The van der Waals surface area contributed by atoms with Gasteiger partial charge in [-0.3, -0.25) is 0 Å². The van der Waals surface area contributed by atoms with E-state index in [0.717, 1.165) is 5.56 Å². The van der Waals surface area contributed by atoms with Gasteiger partial charge in [0.05, 0.1) is 6.10 Å². The molecule has 4 nitrogen and oxygen atoms in total. The topological polar surface area (TPSA) is 61.4 Å². The normalized spacial score (nSPS) is 18.2. The van der Waals surface area contributed by atoms with E-state index in [9.17, 15) is 9.90 Å². The molecule has 0 radical (unpaired) electrons. The lowest BCUT2D eigenvalue weighted by Gasteiger charge is -2.24. The number of amides is 2. The molecule has 116 valence electrons. The Morgan fingerprint density at radius 2 is 1.90 bits per heavy atom. The Balaban J connectivity index is 1.64. The molecule has 0 aromatic heterocycles. The molecule has 0 heterocycles. The number of nitrogens with one attached hydrogen (secondary N) is 2. The Morgan fingerprint density at radius 1 is 1.24 bits per heavy atom. The average Bonchev–Trinajstić information content (AvgIpc) is 2.91. The predicted molar refractivity (Wildman–Crippen MR) is 84.1 cm³/mol. The molecule has 21 heavy (non-hydrogen) atoms. The van der Waals surface area contributed by atoms with Crippen LogP contribution in [0.15, 0.2) is 30.3 Å². The summed E-state index contributed by atoms with van der Waals surface area (Å²) in [6.45, 7) is 3.22. The number of carbonyl (C=O) groups is 1. The highest BCUT2D eigenvalue weighted by Gasteiger charge is 2.28. The molecular weight excluding hydrogens is 264 g/mol. The van der Waals surface area contributed by atoms with E-state index < -0.39 is 6.10 Å². The maximum atomic E-state index is 11.8. The van der Waals surface area contributed by atoms with Crippen LogP contribution in [0.5, 0.6) is 0 Å².